The Bertz CT molecular complexity index is 928. The van der Waals surface area contributed by atoms with Gasteiger partial charge in [-0.15, -0.1) is 0 Å². The zero-order valence-corrected chi connectivity index (χ0v) is 17.8. The molecule has 0 radical (unpaired) electrons. The van der Waals surface area contributed by atoms with E-state index in [-0.39, 0.29) is 16.8 Å². The molecular formula is C20H23BrN2O3S. The number of sulfonamides is 1. The molecule has 1 aliphatic rings. The van der Waals surface area contributed by atoms with Crippen LogP contribution in [0.25, 0.3) is 0 Å². The number of amides is 1. The van der Waals surface area contributed by atoms with Crippen LogP contribution in [-0.4, -0.2) is 31.2 Å². The van der Waals surface area contributed by atoms with Crippen molar-refractivity contribution in [2.45, 2.75) is 43.7 Å². The lowest BCUT2D eigenvalue weighted by Gasteiger charge is -2.25. The molecule has 2 atom stereocenters. The van der Waals surface area contributed by atoms with Crippen molar-refractivity contribution in [3.63, 3.8) is 0 Å². The lowest BCUT2D eigenvalue weighted by atomic mass is 10.0. The SMILES string of the molecule is Cc1ccccc1C(C)NC(=O)C1CCCN1S(=O)(=O)c1ccc(Br)cc1. The van der Waals surface area contributed by atoms with Gasteiger partial charge in [0.25, 0.3) is 0 Å². The molecule has 2 aromatic rings. The molecule has 0 saturated carbocycles. The summed E-state index contributed by atoms with van der Waals surface area (Å²) >= 11 is 3.31. The van der Waals surface area contributed by atoms with E-state index in [0.29, 0.717) is 19.4 Å². The molecule has 1 N–H and O–H groups in total. The van der Waals surface area contributed by atoms with Crippen molar-refractivity contribution in [2.75, 3.05) is 6.54 Å². The maximum Gasteiger partial charge on any atom is 0.243 e. The Kier molecular flexibility index (Phi) is 6.03. The molecule has 7 heteroatoms. The number of carbonyl (C=O) groups is 1. The van der Waals surface area contributed by atoms with Crippen LogP contribution in [0, 0.1) is 6.92 Å². The van der Waals surface area contributed by atoms with E-state index in [2.05, 4.69) is 21.2 Å². The highest BCUT2D eigenvalue weighted by Gasteiger charge is 2.39. The van der Waals surface area contributed by atoms with E-state index < -0.39 is 16.1 Å². The first-order valence-electron chi connectivity index (χ1n) is 8.94. The molecule has 1 saturated heterocycles. The van der Waals surface area contributed by atoms with Crippen molar-refractivity contribution in [3.8, 4) is 0 Å². The first-order valence-corrected chi connectivity index (χ1v) is 11.2. The maximum absolute atomic E-state index is 13.0. The summed E-state index contributed by atoms with van der Waals surface area (Å²) in [7, 11) is -3.71. The van der Waals surface area contributed by atoms with E-state index in [0.717, 1.165) is 15.6 Å². The lowest BCUT2D eigenvalue weighted by molar-refractivity contribution is -0.124. The number of nitrogens with one attached hydrogen (secondary N) is 1. The highest BCUT2D eigenvalue weighted by molar-refractivity contribution is 9.10. The van der Waals surface area contributed by atoms with Crippen LogP contribution >= 0.6 is 15.9 Å². The summed E-state index contributed by atoms with van der Waals surface area (Å²) in [6.45, 7) is 4.27. The van der Waals surface area contributed by atoms with Gasteiger partial charge >= 0.3 is 0 Å². The van der Waals surface area contributed by atoms with Gasteiger partial charge in [-0.05, 0) is 62.1 Å². The summed E-state index contributed by atoms with van der Waals surface area (Å²) in [5, 5.41) is 2.99. The largest absolute Gasteiger partial charge is 0.348 e. The molecule has 1 heterocycles. The van der Waals surface area contributed by atoms with Crippen molar-refractivity contribution < 1.29 is 13.2 Å². The average Bonchev–Trinajstić information content (AvgIpc) is 3.13. The van der Waals surface area contributed by atoms with Crippen LogP contribution in [0.3, 0.4) is 0 Å². The van der Waals surface area contributed by atoms with E-state index in [1.165, 1.54) is 4.31 Å². The molecule has 0 aromatic heterocycles. The van der Waals surface area contributed by atoms with Gasteiger partial charge in [0.2, 0.25) is 15.9 Å². The third kappa shape index (κ3) is 4.25. The van der Waals surface area contributed by atoms with Gasteiger partial charge in [-0.25, -0.2) is 8.42 Å². The van der Waals surface area contributed by atoms with Crippen LogP contribution < -0.4 is 5.32 Å². The Morgan fingerprint density at radius 3 is 2.52 bits per heavy atom. The van der Waals surface area contributed by atoms with Crippen LogP contribution in [0.1, 0.15) is 36.9 Å². The number of rotatable bonds is 5. The predicted octanol–water partition coefficient (Wildman–Crippen LogP) is 3.79. The minimum absolute atomic E-state index is 0.184. The van der Waals surface area contributed by atoms with E-state index in [1.807, 2.05) is 38.1 Å². The molecule has 5 nitrogen and oxygen atoms in total. The summed E-state index contributed by atoms with van der Waals surface area (Å²) in [6.07, 6.45) is 1.20. The van der Waals surface area contributed by atoms with Gasteiger partial charge in [0.1, 0.15) is 6.04 Å². The fourth-order valence-corrected chi connectivity index (χ4v) is 5.41. The van der Waals surface area contributed by atoms with Crippen molar-refractivity contribution in [1.29, 1.82) is 0 Å². The van der Waals surface area contributed by atoms with Gasteiger partial charge in [0.05, 0.1) is 10.9 Å². The molecule has 2 aromatic carbocycles. The Hall–Kier alpha value is -1.70. The van der Waals surface area contributed by atoms with Crippen molar-refractivity contribution in [2.24, 2.45) is 0 Å². The number of carbonyl (C=O) groups excluding carboxylic acids is 1. The number of halogens is 1. The summed E-state index contributed by atoms with van der Waals surface area (Å²) in [6, 6.07) is 13.5. The van der Waals surface area contributed by atoms with Gasteiger partial charge in [0.15, 0.2) is 0 Å². The molecule has 1 amide bonds. The van der Waals surface area contributed by atoms with Crippen molar-refractivity contribution in [1.82, 2.24) is 9.62 Å². The Labute approximate surface area is 169 Å². The Morgan fingerprint density at radius 2 is 1.85 bits per heavy atom. The zero-order chi connectivity index (χ0) is 19.6. The molecule has 1 fully saturated rings. The molecule has 2 unspecified atom stereocenters. The van der Waals surface area contributed by atoms with Crippen LogP contribution in [0.4, 0.5) is 0 Å². The lowest BCUT2D eigenvalue weighted by Crippen LogP contribution is -2.46. The summed E-state index contributed by atoms with van der Waals surface area (Å²) in [5.74, 6) is -0.246. The molecule has 0 spiro atoms. The molecule has 3 rings (SSSR count). The Morgan fingerprint density at radius 1 is 1.19 bits per heavy atom. The number of hydrogen-bond acceptors (Lipinski definition) is 3. The van der Waals surface area contributed by atoms with Crippen LogP contribution in [-0.2, 0) is 14.8 Å². The van der Waals surface area contributed by atoms with Gasteiger partial charge in [-0.2, -0.15) is 4.31 Å². The number of nitrogens with zero attached hydrogens (tertiary/aromatic N) is 1. The van der Waals surface area contributed by atoms with E-state index in [4.69, 9.17) is 0 Å². The minimum atomic E-state index is -3.71. The molecular weight excluding hydrogens is 428 g/mol. The maximum atomic E-state index is 13.0. The number of aryl methyl sites for hydroxylation is 1. The van der Waals surface area contributed by atoms with Gasteiger partial charge < -0.3 is 5.32 Å². The highest BCUT2D eigenvalue weighted by atomic mass is 79.9. The van der Waals surface area contributed by atoms with Crippen LogP contribution in [0.2, 0.25) is 0 Å². The standard InChI is InChI=1S/C20H23BrN2O3S/c1-14-6-3-4-7-18(14)15(2)22-20(24)19-8-5-13-23(19)27(25,26)17-11-9-16(21)10-12-17/h3-4,6-7,9-12,15,19H,5,8,13H2,1-2H3,(H,22,24). The Balaban J connectivity index is 1.78. The second-order valence-electron chi connectivity index (χ2n) is 6.81. The summed E-state index contributed by atoms with van der Waals surface area (Å²) in [4.78, 5) is 13.1. The molecule has 0 bridgehead atoms. The number of hydrogen-bond donors (Lipinski definition) is 1. The fourth-order valence-electron chi connectivity index (χ4n) is 3.49. The van der Waals surface area contributed by atoms with Gasteiger partial charge in [-0.3, -0.25) is 4.79 Å². The van der Waals surface area contributed by atoms with E-state index >= 15 is 0 Å². The normalized spacial score (nSPS) is 19.0. The summed E-state index contributed by atoms with van der Waals surface area (Å²) in [5.41, 5.74) is 2.13. The smallest absolute Gasteiger partial charge is 0.243 e. The molecule has 27 heavy (non-hydrogen) atoms. The van der Waals surface area contributed by atoms with Crippen LogP contribution in [0.5, 0.6) is 0 Å². The van der Waals surface area contributed by atoms with Crippen molar-refractivity contribution in [3.05, 3.63) is 64.1 Å². The second-order valence-corrected chi connectivity index (χ2v) is 9.62. The number of benzene rings is 2. The summed E-state index contributed by atoms with van der Waals surface area (Å²) < 4.78 is 28.1. The zero-order valence-electron chi connectivity index (χ0n) is 15.4. The fraction of sp³-hybridized carbons (Fsp3) is 0.350. The van der Waals surface area contributed by atoms with E-state index in [1.54, 1.807) is 24.3 Å². The van der Waals surface area contributed by atoms with Gasteiger partial charge in [-0.1, -0.05) is 40.2 Å². The average molecular weight is 451 g/mol. The third-order valence-corrected chi connectivity index (χ3v) is 7.39. The topological polar surface area (TPSA) is 66.5 Å². The minimum Gasteiger partial charge on any atom is -0.348 e. The first-order chi connectivity index (χ1) is 12.8. The molecule has 144 valence electrons. The quantitative estimate of drug-likeness (QED) is 0.753. The molecule has 1 aliphatic heterocycles. The van der Waals surface area contributed by atoms with E-state index in [9.17, 15) is 13.2 Å². The van der Waals surface area contributed by atoms with Crippen molar-refractivity contribution >= 4 is 31.9 Å². The first kappa shape index (κ1) is 20.0. The van der Waals surface area contributed by atoms with Gasteiger partial charge in [0, 0.05) is 11.0 Å². The monoisotopic (exact) mass is 450 g/mol. The van der Waals surface area contributed by atoms with Crippen LogP contribution in [0.15, 0.2) is 57.9 Å². The molecule has 0 aliphatic carbocycles. The second kappa shape index (κ2) is 8.12. The highest BCUT2D eigenvalue weighted by Crippen LogP contribution is 2.28. The predicted molar refractivity (Wildman–Crippen MR) is 109 cm³/mol. The third-order valence-electron chi connectivity index (χ3n) is 4.94.